The summed E-state index contributed by atoms with van der Waals surface area (Å²) in [5.74, 6) is 0.765. The van der Waals surface area contributed by atoms with Crippen LogP contribution < -0.4 is 4.74 Å². The van der Waals surface area contributed by atoms with Gasteiger partial charge >= 0.3 is 0 Å². The summed E-state index contributed by atoms with van der Waals surface area (Å²) in [5, 5.41) is 10.1. The molecule has 0 unspecified atom stereocenters. The predicted molar refractivity (Wildman–Crippen MR) is 55.4 cm³/mol. The van der Waals surface area contributed by atoms with Crippen molar-refractivity contribution in [2.45, 2.75) is 20.0 Å². The molecule has 0 aliphatic carbocycles. The van der Waals surface area contributed by atoms with E-state index in [1.165, 1.54) is 0 Å². The number of rotatable bonds is 3. The molecule has 2 aromatic heterocycles. The fourth-order valence-corrected chi connectivity index (χ4v) is 1.20. The first-order valence-corrected chi connectivity index (χ1v) is 4.75. The third-order valence-corrected chi connectivity index (χ3v) is 1.80. The monoisotopic (exact) mass is 204 g/mol. The van der Waals surface area contributed by atoms with Gasteiger partial charge in [-0.05, 0) is 26.0 Å². The summed E-state index contributed by atoms with van der Waals surface area (Å²) in [6.07, 6.45) is 3.48. The van der Waals surface area contributed by atoms with Crippen LogP contribution in [0.2, 0.25) is 0 Å². The number of nitrogens with one attached hydrogen (secondary N) is 1. The summed E-state index contributed by atoms with van der Waals surface area (Å²) < 4.78 is 5.48. The first kappa shape index (κ1) is 9.64. The normalized spacial score (nSPS) is 10.6. The summed E-state index contributed by atoms with van der Waals surface area (Å²) >= 11 is 0. The molecule has 2 aromatic rings. The van der Waals surface area contributed by atoms with Crippen LogP contribution in [0, 0.1) is 0 Å². The van der Waals surface area contributed by atoms with E-state index >= 15 is 0 Å². The van der Waals surface area contributed by atoms with Crippen LogP contribution in [0.1, 0.15) is 13.8 Å². The Hall–Kier alpha value is -1.91. The Morgan fingerprint density at radius 3 is 2.67 bits per heavy atom. The van der Waals surface area contributed by atoms with Gasteiger partial charge in [-0.25, -0.2) is 0 Å². The highest BCUT2D eigenvalue weighted by Crippen LogP contribution is 2.16. The lowest BCUT2D eigenvalue weighted by molar-refractivity contribution is 0.241. The van der Waals surface area contributed by atoms with E-state index in [4.69, 9.17) is 4.74 Å². The number of nitrogens with zero attached hydrogens (tertiary/aromatic N) is 3. The Bertz CT molecular complexity index is 407. The standard InChI is InChI=1S/C10H12N4O/c1-7(2)15-8-3-4-9(11-5-8)10-6-12-14-13-10/h3-7H,1-2H3,(H,12,13,14). The van der Waals surface area contributed by atoms with E-state index in [0.29, 0.717) is 0 Å². The van der Waals surface area contributed by atoms with Crippen molar-refractivity contribution in [3.05, 3.63) is 24.5 Å². The maximum absolute atomic E-state index is 5.48. The van der Waals surface area contributed by atoms with Crippen molar-refractivity contribution in [3.63, 3.8) is 0 Å². The molecule has 0 amide bonds. The molecule has 0 aliphatic heterocycles. The molecular formula is C10H12N4O. The maximum atomic E-state index is 5.48. The Morgan fingerprint density at radius 1 is 1.27 bits per heavy atom. The number of ether oxygens (including phenoxy) is 1. The molecule has 0 bridgehead atoms. The molecule has 15 heavy (non-hydrogen) atoms. The molecule has 2 rings (SSSR count). The zero-order valence-corrected chi connectivity index (χ0v) is 8.64. The number of aromatic nitrogens is 4. The van der Waals surface area contributed by atoms with E-state index in [2.05, 4.69) is 20.4 Å². The van der Waals surface area contributed by atoms with Gasteiger partial charge in [0.05, 0.1) is 24.2 Å². The van der Waals surface area contributed by atoms with E-state index in [1.54, 1.807) is 12.4 Å². The van der Waals surface area contributed by atoms with Crippen molar-refractivity contribution in [3.8, 4) is 17.1 Å². The molecule has 0 spiro atoms. The molecule has 0 saturated heterocycles. The topological polar surface area (TPSA) is 63.7 Å². The molecule has 5 nitrogen and oxygen atoms in total. The Labute approximate surface area is 87.5 Å². The first-order chi connectivity index (χ1) is 7.25. The molecule has 1 N–H and O–H groups in total. The summed E-state index contributed by atoms with van der Waals surface area (Å²) in [6.45, 7) is 3.96. The van der Waals surface area contributed by atoms with Gasteiger partial charge < -0.3 is 4.74 Å². The molecule has 0 radical (unpaired) electrons. The second kappa shape index (κ2) is 4.08. The molecule has 0 fully saturated rings. The number of hydrogen-bond acceptors (Lipinski definition) is 4. The number of aromatic amines is 1. The predicted octanol–water partition coefficient (Wildman–Crippen LogP) is 1.65. The van der Waals surface area contributed by atoms with Crippen LogP contribution in [0.3, 0.4) is 0 Å². The van der Waals surface area contributed by atoms with Gasteiger partial charge in [0, 0.05) is 0 Å². The number of hydrogen-bond donors (Lipinski definition) is 1. The molecule has 5 heteroatoms. The van der Waals surface area contributed by atoms with Crippen LogP contribution in [0.4, 0.5) is 0 Å². The second-order valence-corrected chi connectivity index (χ2v) is 3.42. The zero-order valence-electron chi connectivity index (χ0n) is 8.64. The minimum atomic E-state index is 0.159. The minimum Gasteiger partial charge on any atom is -0.489 e. The van der Waals surface area contributed by atoms with Crippen LogP contribution in [0.15, 0.2) is 24.5 Å². The van der Waals surface area contributed by atoms with Gasteiger partial charge in [0.1, 0.15) is 11.4 Å². The summed E-state index contributed by atoms with van der Waals surface area (Å²) in [5.41, 5.74) is 1.60. The lowest BCUT2D eigenvalue weighted by atomic mass is 10.3. The molecule has 78 valence electrons. The van der Waals surface area contributed by atoms with Gasteiger partial charge in [-0.3, -0.25) is 10.1 Å². The Morgan fingerprint density at radius 2 is 2.13 bits per heavy atom. The molecule has 0 aliphatic rings. The zero-order chi connectivity index (χ0) is 10.7. The molecule has 0 aromatic carbocycles. The third-order valence-electron chi connectivity index (χ3n) is 1.80. The maximum Gasteiger partial charge on any atom is 0.138 e. The van der Waals surface area contributed by atoms with E-state index in [9.17, 15) is 0 Å². The Kier molecular flexibility index (Phi) is 2.62. The second-order valence-electron chi connectivity index (χ2n) is 3.42. The molecule has 0 saturated carbocycles. The fourth-order valence-electron chi connectivity index (χ4n) is 1.20. The van der Waals surface area contributed by atoms with Gasteiger partial charge in [0.25, 0.3) is 0 Å². The van der Waals surface area contributed by atoms with Crippen molar-refractivity contribution in [1.82, 2.24) is 20.4 Å². The average Bonchev–Trinajstić information content (AvgIpc) is 2.71. The van der Waals surface area contributed by atoms with Crippen LogP contribution in [0.25, 0.3) is 11.4 Å². The van der Waals surface area contributed by atoms with Crippen molar-refractivity contribution in [1.29, 1.82) is 0 Å². The summed E-state index contributed by atoms with van der Waals surface area (Å²) in [4.78, 5) is 4.24. The van der Waals surface area contributed by atoms with E-state index in [-0.39, 0.29) is 6.10 Å². The highest BCUT2D eigenvalue weighted by Gasteiger charge is 2.02. The third kappa shape index (κ3) is 2.31. The number of H-pyrrole nitrogens is 1. The fraction of sp³-hybridized carbons (Fsp3) is 0.300. The van der Waals surface area contributed by atoms with Gasteiger partial charge in [-0.15, -0.1) is 5.10 Å². The largest absolute Gasteiger partial charge is 0.489 e. The van der Waals surface area contributed by atoms with Gasteiger partial charge in [-0.2, -0.15) is 0 Å². The van der Waals surface area contributed by atoms with E-state index in [1.807, 2.05) is 26.0 Å². The molecule has 2 heterocycles. The van der Waals surface area contributed by atoms with Crippen LogP contribution in [0.5, 0.6) is 5.75 Å². The van der Waals surface area contributed by atoms with Gasteiger partial charge in [0.2, 0.25) is 0 Å². The lowest BCUT2D eigenvalue weighted by Crippen LogP contribution is -2.05. The van der Waals surface area contributed by atoms with Crippen molar-refractivity contribution >= 4 is 0 Å². The minimum absolute atomic E-state index is 0.159. The first-order valence-electron chi connectivity index (χ1n) is 4.75. The molecular weight excluding hydrogens is 192 g/mol. The van der Waals surface area contributed by atoms with Gasteiger partial charge in [0.15, 0.2) is 0 Å². The van der Waals surface area contributed by atoms with Crippen molar-refractivity contribution < 1.29 is 4.74 Å². The summed E-state index contributed by atoms with van der Waals surface area (Å²) in [6, 6.07) is 3.75. The van der Waals surface area contributed by atoms with Crippen molar-refractivity contribution in [2.75, 3.05) is 0 Å². The quantitative estimate of drug-likeness (QED) is 0.825. The lowest BCUT2D eigenvalue weighted by Gasteiger charge is -2.08. The summed E-state index contributed by atoms with van der Waals surface area (Å²) in [7, 11) is 0. The molecule has 0 atom stereocenters. The highest BCUT2D eigenvalue weighted by molar-refractivity contribution is 5.52. The van der Waals surface area contributed by atoms with Crippen LogP contribution in [-0.4, -0.2) is 26.5 Å². The van der Waals surface area contributed by atoms with E-state index in [0.717, 1.165) is 17.1 Å². The van der Waals surface area contributed by atoms with Gasteiger partial charge in [-0.1, -0.05) is 5.21 Å². The number of pyridine rings is 1. The average molecular weight is 204 g/mol. The smallest absolute Gasteiger partial charge is 0.138 e. The van der Waals surface area contributed by atoms with E-state index < -0.39 is 0 Å². The Balaban J connectivity index is 2.17. The SMILES string of the molecule is CC(C)Oc1ccc(-c2cnn[nH]2)nc1. The van der Waals surface area contributed by atoms with Crippen LogP contribution in [-0.2, 0) is 0 Å². The van der Waals surface area contributed by atoms with Crippen LogP contribution >= 0.6 is 0 Å². The highest BCUT2D eigenvalue weighted by atomic mass is 16.5. The van der Waals surface area contributed by atoms with Crippen molar-refractivity contribution in [2.24, 2.45) is 0 Å².